The van der Waals surface area contributed by atoms with Crippen LogP contribution in [0.3, 0.4) is 0 Å². The van der Waals surface area contributed by atoms with Crippen molar-refractivity contribution < 1.29 is 5.11 Å². The van der Waals surface area contributed by atoms with Crippen molar-refractivity contribution in [2.24, 2.45) is 10.7 Å². The van der Waals surface area contributed by atoms with Gasteiger partial charge >= 0.3 is 0 Å². The van der Waals surface area contributed by atoms with Gasteiger partial charge in [0, 0.05) is 0 Å². The van der Waals surface area contributed by atoms with Crippen LogP contribution in [0.1, 0.15) is 0 Å². The Hall–Kier alpha value is -1.27. The van der Waals surface area contributed by atoms with Crippen molar-refractivity contribution in [2.45, 2.75) is 12.5 Å². The molecule has 0 bridgehead atoms. The van der Waals surface area contributed by atoms with E-state index in [1.54, 1.807) is 6.34 Å². The smallest absolute Gasteiger partial charge is 0.184 e. The van der Waals surface area contributed by atoms with Gasteiger partial charge in [-0.1, -0.05) is 0 Å². The van der Waals surface area contributed by atoms with E-state index in [0.717, 1.165) is 5.70 Å². The van der Waals surface area contributed by atoms with Crippen molar-refractivity contribution in [3.05, 3.63) is 11.5 Å². The van der Waals surface area contributed by atoms with Gasteiger partial charge in [0.05, 0.1) is 12.0 Å². The molecule has 6 heteroatoms. The molecule has 6 nitrogen and oxygen atoms in total. The fourth-order valence-corrected chi connectivity index (χ4v) is 1.10. The number of hydrogen-bond donors (Lipinski definition) is 5. The molecule has 0 saturated heterocycles. The Morgan fingerprint density at radius 1 is 1.64 bits per heavy atom. The van der Waals surface area contributed by atoms with Crippen LogP contribution in [-0.2, 0) is 0 Å². The van der Waals surface area contributed by atoms with Crippen molar-refractivity contribution >= 4 is 6.34 Å². The number of nitrogens with two attached hydrogens (primary N) is 1. The lowest BCUT2D eigenvalue weighted by atomic mass is 10.3. The molecule has 60 valence electrons. The van der Waals surface area contributed by atoms with E-state index in [1.807, 2.05) is 0 Å². The average molecular weight is 155 g/mol. The Bertz CT molecular complexity index is 235. The molecule has 0 aliphatic carbocycles. The van der Waals surface area contributed by atoms with Crippen molar-refractivity contribution in [2.75, 3.05) is 0 Å². The zero-order valence-electron chi connectivity index (χ0n) is 5.70. The van der Waals surface area contributed by atoms with E-state index < -0.39 is 6.35 Å². The van der Waals surface area contributed by atoms with Crippen LogP contribution in [0.2, 0.25) is 0 Å². The van der Waals surface area contributed by atoms with Crippen LogP contribution in [0.5, 0.6) is 0 Å². The molecule has 0 aromatic carbocycles. The highest BCUT2D eigenvalue weighted by atomic mass is 16.3. The second kappa shape index (κ2) is 2.11. The number of nitrogens with one attached hydrogen (secondary N) is 3. The van der Waals surface area contributed by atoms with Gasteiger partial charge < -0.3 is 21.5 Å². The number of fused-ring (bicyclic) bond motifs is 1. The second-order valence-corrected chi connectivity index (χ2v) is 2.37. The van der Waals surface area contributed by atoms with Crippen molar-refractivity contribution in [1.82, 2.24) is 16.0 Å². The molecule has 6 N–H and O–H groups in total. The highest BCUT2D eigenvalue weighted by molar-refractivity contribution is 5.63. The summed E-state index contributed by atoms with van der Waals surface area (Å²) in [5.74, 6) is 0.429. The number of nitrogens with zero attached hydrogens (tertiary/aromatic N) is 1. The standard InChI is InChI=1S/C5H9N5O/c6-3-2-4(8-1-7-2)10-5(11)9-3/h1,4-5,9-11H,6H2,(H,7,8). The molecule has 0 spiro atoms. The minimum absolute atomic E-state index is 0.230. The van der Waals surface area contributed by atoms with Gasteiger partial charge in [-0.25, -0.2) is 10.3 Å². The van der Waals surface area contributed by atoms with Crippen molar-refractivity contribution in [3.63, 3.8) is 0 Å². The van der Waals surface area contributed by atoms with Crippen molar-refractivity contribution in [3.8, 4) is 0 Å². The topological polar surface area (TPSA) is 94.7 Å². The molecule has 2 rings (SSSR count). The van der Waals surface area contributed by atoms with E-state index in [9.17, 15) is 0 Å². The molecule has 0 aromatic heterocycles. The van der Waals surface area contributed by atoms with Gasteiger partial charge in [0.1, 0.15) is 12.0 Å². The maximum atomic E-state index is 9.09. The Morgan fingerprint density at radius 3 is 3.27 bits per heavy atom. The molecule has 0 fully saturated rings. The SMILES string of the molecule is NC1=C2NC=NC2NC(O)N1. The summed E-state index contributed by atoms with van der Waals surface area (Å²) in [6.07, 6.45) is 0.492. The third-order valence-electron chi connectivity index (χ3n) is 1.62. The third-order valence-corrected chi connectivity index (χ3v) is 1.62. The quantitative estimate of drug-likeness (QED) is 0.267. The van der Waals surface area contributed by atoms with E-state index >= 15 is 0 Å². The lowest BCUT2D eigenvalue weighted by molar-refractivity contribution is 0.0944. The van der Waals surface area contributed by atoms with E-state index in [1.165, 1.54) is 0 Å². The predicted octanol–water partition coefficient (Wildman–Crippen LogP) is -2.46. The zero-order valence-corrected chi connectivity index (χ0v) is 5.70. The van der Waals surface area contributed by atoms with Gasteiger partial charge in [-0.05, 0) is 0 Å². The van der Waals surface area contributed by atoms with Gasteiger partial charge in [-0.2, -0.15) is 0 Å². The number of aliphatic imine (C=N–C) groups is 1. The maximum Gasteiger partial charge on any atom is 0.184 e. The van der Waals surface area contributed by atoms with Gasteiger partial charge in [0.15, 0.2) is 6.35 Å². The molecule has 2 aliphatic heterocycles. The van der Waals surface area contributed by atoms with Crippen LogP contribution in [0.25, 0.3) is 0 Å². The van der Waals surface area contributed by atoms with Crippen LogP contribution in [0, 0.1) is 0 Å². The normalized spacial score (nSPS) is 34.6. The van der Waals surface area contributed by atoms with Crippen LogP contribution in [0.4, 0.5) is 0 Å². The Morgan fingerprint density at radius 2 is 2.45 bits per heavy atom. The molecule has 2 unspecified atom stereocenters. The van der Waals surface area contributed by atoms with Gasteiger partial charge in [-0.15, -0.1) is 0 Å². The fraction of sp³-hybridized carbons (Fsp3) is 0.400. The summed E-state index contributed by atoms with van der Waals surface area (Å²) in [6.45, 7) is 0. The average Bonchev–Trinajstić information content (AvgIpc) is 2.34. The molecular formula is C5H9N5O. The summed E-state index contributed by atoms with van der Waals surface area (Å²) in [4.78, 5) is 3.97. The summed E-state index contributed by atoms with van der Waals surface area (Å²) >= 11 is 0. The van der Waals surface area contributed by atoms with Crippen LogP contribution in [-0.4, -0.2) is 24.0 Å². The maximum absolute atomic E-state index is 9.09. The highest BCUT2D eigenvalue weighted by Crippen LogP contribution is 2.10. The van der Waals surface area contributed by atoms with Gasteiger partial charge in [0.25, 0.3) is 0 Å². The van der Waals surface area contributed by atoms with Crippen LogP contribution < -0.4 is 21.7 Å². The Balaban J connectivity index is 2.28. The lowest BCUT2D eigenvalue weighted by Crippen LogP contribution is -2.54. The van der Waals surface area contributed by atoms with E-state index in [4.69, 9.17) is 10.8 Å². The number of aliphatic hydroxyl groups is 1. The molecule has 2 heterocycles. The van der Waals surface area contributed by atoms with E-state index in [2.05, 4.69) is 20.9 Å². The molecule has 0 amide bonds. The highest BCUT2D eigenvalue weighted by Gasteiger charge is 2.27. The molecule has 0 saturated carbocycles. The monoisotopic (exact) mass is 155 g/mol. The fourth-order valence-electron chi connectivity index (χ4n) is 1.10. The lowest BCUT2D eigenvalue weighted by Gasteiger charge is -2.26. The minimum Gasteiger partial charge on any atom is -0.384 e. The first-order chi connectivity index (χ1) is 5.27. The Labute approximate surface area is 63.2 Å². The molecule has 2 aliphatic rings. The molecule has 0 radical (unpaired) electrons. The second-order valence-electron chi connectivity index (χ2n) is 2.37. The Kier molecular flexibility index (Phi) is 1.23. The third kappa shape index (κ3) is 0.920. The minimum atomic E-state index is -0.819. The molecule has 0 aromatic rings. The summed E-state index contributed by atoms with van der Waals surface area (Å²) in [6, 6.07) is 0. The summed E-state index contributed by atoms with van der Waals surface area (Å²) in [5.41, 5.74) is 6.30. The summed E-state index contributed by atoms with van der Waals surface area (Å²) in [5, 5.41) is 17.3. The number of aliphatic hydroxyl groups excluding tert-OH is 1. The molecular weight excluding hydrogens is 146 g/mol. The first-order valence-electron chi connectivity index (χ1n) is 3.26. The number of hydrogen-bond acceptors (Lipinski definition) is 6. The number of rotatable bonds is 0. The van der Waals surface area contributed by atoms with Crippen LogP contribution >= 0.6 is 0 Å². The predicted molar refractivity (Wildman–Crippen MR) is 38.9 cm³/mol. The molecule has 11 heavy (non-hydrogen) atoms. The molecule has 2 atom stereocenters. The summed E-state index contributed by atoms with van der Waals surface area (Å²) < 4.78 is 0. The first-order valence-corrected chi connectivity index (χ1v) is 3.26. The van der Waals surface area contributed by atoms with Gasteiger partial charge in [0.2, 0.25) is 0 Å². The van der Waals surface area contributed by atoms with E-state index in [-0.39, 0.29) is 6.17 Å². The zero-order chi connectivity index (χ0) is 7.84. The first kappa shape index (κ1) is 6.44. The van der Waals surface area contributed by atoms with E-state index in [0.29, 0.717) is 5.82 Å². The van der Waals surface area contributed by atoms with Gasteiger partial charge in [-0.3, -0.25) is 0 Å². The van der Waals surface area contributed by atoms with Crippen LogP contribution in [0.15, 0.2) is 16.5 Å². The largest absolute Gasteiger partial charge is 0.384 e. The van der Waals surface area contributed by atoms with Crippen molar-refractivity contribution in [1.29, 1.82) is 0 Å². The summed E-state index contributed by atoms with van der Waals surface area (Å²) in [7, 11) is 0.